The minimum Gasteiger partial charge on any atom is -0.480 e. The molecule has 7 heteroatoms. The van der Waals surface area contributed by atoms with E-state index in [0.717, 1.165) is 24.6 Å². The highest BCUT2D eigenvalue weighted by atomic mass is 19.1. The van der Waals surface area contributed by atoms with Crippen LogP contribution in [-0.4, -0.2) is 21.5 Å². The van der Waals surface area contributed by atoms with Gasteiger partial charge in [0.2, 0.25) is 0 Å². The van der Waals surface area contributed by atoms with Crippen LogP contribution in [-0.2, 0) is 4.79 Å². The standard InChI is InChI=1S/C11H11FN2O4/c12-7-2-3-9(14(17)18)8(6-7)13-11(10(15)16)4-1-5-11/h2-3,6,13H,1,4-5H2,(H,15,16). The second-order valence-electron chi connectivity index (χ2n) is 4.28. The van der Waals surface area contributed by atoms with E-state index in [0.29, 0.717) is 12.8 Å². The maximum absolute atomic E-state index is 13.1. The Morgan fingerprint density at radius 3 is 2.61 bits per heavy atom. The molecule has 0 spiro atoms. The lowest BCUT2D eigenvalue weighted by Crippen LogP contribution is -2.52. The molecule has 0 unspecified atom stereocenters. The SMILES string of the molecule is O=C(O)C1(Nc2cc(F)ccc2[N+](=O)[O-])CCC1. The van der Waals surface area contributed by atoms with Crippen LogP contribution in [0, 0.1) is 15.9 Å². The summed E-state index contributed by atoms with van der Waals surface area (Å²) in [6, 6.07) is 2.94. The number of aliphatic carboxylic acids is 1. The summed E-state index contributed by atoms with van der Waals surface area (Å²) in [6.45, 7) is 0. The average molecular weight is 254 g/mol. The van der Waals surface area contributed by atoms with Crippen molar-refractivity contribution in [2.24, 2.45) is 0 Å². The predicted octanol–water partition coefficient (Wildman–Crippen LogP) is 2.15. The summed E-state index contributed by atoms with van der Waals surface area (Å²) < 4.78 is 13.1. The third-order valence-electron chi connectivity index (χ3n) is 3.15. The largest absolute Gasteiger partial charge is 0.480 e. The quantitative estimate of drug-likeness (QED) is 0.634. The smallest absolute Gasteiger partial charge is 0.329 e. The van der Waals surface area contributed by atoms with Crippen LogP contribution in [0.25, 0.3) is 0 Å². The van der Waals surface area contributed by atoms with Crippen molar-refractivity contribution in [3.8, 4) is 0 Å². The first-order valence-electron chi connectivity index (χ1n) is 5.40. The van der Waals surface area contributed by atoms with Gasteiger partial charge >= 0.3 is 5.97 Å². The molecule has 0 aliphatic heterocycles. The highest BCUT2D eigenvalue weighted by Crippen LogP contribution is 2.38. The predicted molar refractivity (Wildman–Crippen MR) is 60.9 cm³/mol. The van der Waals surface area contributed by atoms with Crippen LogP contribution in [0.1, 0.15) is 19.3 Å². The Bertz CT molecular complexity index is 514. The molecule has 1 aromatic carbocycles. The number of carboxylic acids is 1. The number of hydrogen-bond donors (Lipinski definition) is 2. The second-order valence-corrected chi connectivity index (χ2v) is 4.28. The molecule has 0 saturated heterocycles. The van der Waals surface area contributed by atoms with Gasteiger partial charge in [-0.05, 0) is 25.3 Å². The van der Waals surface area contributed by atoms with E-state index in [2.05, 4.69) is 5.32 Å². The van der Waals surface area contributed by atoms with Gasteiger partial charge in [0.15, 0.2) is 0 Å². The number of benzene rings is 1. The van der Waals surface area contributed by atoms with Crippen LogP contribution >= 0.6 is 0 Å². The normalized spacial score (nSPS) is 16.7. The molecule has 18 heavy (non-hydrogen) atoms. The number of hydrogen-bond acceptors (Lipinski definition) is 4. The van der Waals surface area contributed by atoms with Gasteiger partial charge in [0.05, 0.1) is 4.92 Å². The summed E-state index contributed by atoms with van der Waals surface area (Å²) in [5.74, 6) is -1.73. The van der Waals surface area contributed by atoms with Crippen molar-refractivity contribution in [3.63, 3.8) is 0 Å². The van der Waals surface area contributed by atoms with Crippen molar-refractivity contribution >= 4 is 17.3 Å². The van der Waals surface area contributed by atoms with Crippen molar-refractivity contribution in [3.05, 3.63) is 34.1 Å². The van der Waals surface area contributed by atoms with Gasteiger partial charge in [0, 0.05) is 12.1 Å². The summed E-state index contributed by atoms with van der Waals surface area (Å²) in [5, 5.41) is 22.5. The van der Waals surface area contributed by atoms with E-state index in [-0.39, 0.29) is 11.4 Å². The lowest BCUT2D eigenvalue weighted by atomic mass is 9.76. The van der Waals surface area contributed by atoms with E-state index in [9.17, 15) is 19.3 Å². The maximum atomic E-state index is 13.1. The molecule has 2 N–H and O–H groups in total. The summed E-state index contributed by atoms with van der Waals surface area (Å²) in [7, 11) is 0. The number of nitrogens with one attached hydrogen (secondary N) is 1. The summed E-state index contributed by atoms with van der Waals surface area (Å²) >= 11 is 0. The Morgan fingerprint density at radius 2 is 2.17 bits per heavy atom. The summed E-state index contributed by atoms with van der Waals surface area (Å²) in [6.07, 6.45) is 1.47. The van der Waals surface area contributed by atoms with Gasteiger partial charge in [-0.1, -0.05) is 0 Å². The van der Waals surface area contributed by atoms with Crippen LogP contribution in [0.15, 0.2) is 18.2 Å². The van der Waals surface area contributed by atoms with Gasteiger partial charge < -0.3 is 10.4 Å². The number of carbonyl (C=O) groups is 1. The summed E-state index contributed by atoms with van der Waals surface area (Å²) in [4.78, 5) is 21.3. The fourth-order valence-electron chi connectivity index (χ4n) is 1.95. The molecule has 0 amide bonds. The van der Waals surface area contributed by atoms with Crippen molar-refractivity contribution < 1.29 is 19.2 Å². The van der Waals surface area contributed by atoms with Gasteiger partial charge in [0.1, 0.15) is 17.0 Å². The number of rotatable bonds is 4. The molecule has 1 saturated carbocycles. The zero-order valence-corrected chi connectivity index (χ0v) is 9.35. The molecule has 2 rings (SSSR count). The monoisotopic (exact) mass is 254 g/mol. The molecule has 1 aliphatic rings. The highest BCUT2D eigenvalue weighted by Gasteiger charge is 2.45. The topological polar surface area (TPSA) is 92.5 Å². The zero-order valence-electron chi connectivity index (χ0n) is 9.35. The van der Waals surface area contributed by atoms with E-state index in [1.807, 2.05) is 0 Å². The molecule has 6 nitrogen and oxygen atoms in total. The van der Waals surface area contributed by atoms with Crippen molar-refractivity contribution in [1.82, 2.24) is 0 Å². The number of nitro benzene ring substituents is 1. The minimum atomic E-state index is -1.21. The van der Waals surface area contributed by atoms with Crippen LogP contribution in [0.3, 0.4) is 0 Å². The van der Waals surface area contributed by atoms with Gasteiger partial charge in [-0.15, -0.1) is 0 Å². The molecule has 1 fully saturated rings. The third-order valence-corrected chi connectivity index (χ3v) is 3.15. The van der Waals surface area contributed by atoms with Crippen LogP contribution < -0.4 is 5.32 Å². The molecule has 1 aliphatic carbocycles. The van der Waals surface area contributed by atoms with Crippen molar-refractivity contribution in [1.29, 1.82) is 0 Å². The van der Waals surface area contributed by atoms with Gasteiger partial charge in [-0.25, -0.2) is 9.18 Å². The molecular formula is C11H11FN2O4. The first-order chi connectivity index (χ1) is 8.44. The fraction of sp³-hybridized carbons (Fsp3) is 0.364. The van der Waals surface area contributed by atoms with E-state index >= 15 is 0 Å². The van der Waals surface area contributed by atoms with Crippen LogP contribution in [0.4, 0.5) is 15.8 Å². The maximum Gasteiger partial charge on any atom is 0.329 e. The number of carboxylic acid groups (broad SMARTS) is 1. The first-order valence-corrected chi connectivity index (χ1v) is 5.40. The zero-order chi connectivity index (χ0) is 13.3. The lowest BCUT2D eigenvalue weighted by molar-refractivity contribution is -0.384. The number of nitro groups is 1. The molecule has 96 valence electrons. The molecule has 0 atom stereocenters. The van der Waals surface area contributed by atoms with Gasteiger partial charge in [-0.3, -0.25) is 10.1 Å². The number of anilines is 1. The third kappa shape index (κ3) is 1.99. The summed E-state index contributed by atoms with van der Waals surface area (Å²) in [5.41, 5.74) is -1.63. The average Bonchev–Trinajstić information content (AvgIpc) is 2.22. The Morgan fingerprint density at radius 1 is 1.50 bits per heavy atom. The molecule has 0 bridgehead atoms. The van der Waals surface area contributed by atoms with Crippen molar-refractivity contribution in [2.75, 3.05) is 5.32 Å². The second kappa shape index (κ2) is 4.25. The first kappa shape index (κ1) is 12.3. The minimum absolute atomic E-state index is 0.0953. The molecule has 1 aromatic rings. The highest BCUT2D eigenvalue weighted by molar-refractivity contribution is 5.85. The fourth-order valence-corrected chi connectivity index (χ4v) is 1.95. The number of nitrogens with zero attached hydrogens (tertiary/aromatic N) is 1. The van der Waals surface area contributed by atoms with Crippen LogP contribution in [0.5, 0.6) is 0 Å². The number of halogens is 1. The molecular weight excluding hydrogens is 243 g/mol. The van der Waals surface area contributed by atoms with Gasteiger partial charge in [0.25, 0.3) is 5.69 Å². The Labute approximate surface area is 102 Å². The Hall–Kier alpha value is -2.18. The van der Waals surface area contributed by atoms with Gasteiger partial charge in [-0.2, -0.15) is 0 Å². The molecule has 0 aromatic heterocycles. The van der Waals surface area contributed by atoms with E-state index in [1.165, 1.54) is 0 Å². The Balaban J connectivity index is 2.36. The Kier molecular flexibility index (Phi) is 2.90. The van der Waals surface area contributed by atoms with E-state index < -0.39 is 22.2 Å². The van der Waals surface area contributed by atoms with E-state index in [1.54, 1.807) is 0 Å². The van der Waals surface area contributed by atoms with Crippen LogP contribution in [0.2, 0.25) is 0 Å². The van der Waals surface area contributed by atoms with E-state index in [4.69, 9.17) is 5.11 Å². The lowest BCUT2D eigenvalue weighted by Gasteiger charge is -2.38. The molecule has 0 radical (unpaired) electrons. The molecule has 0 heterocycles. The van der Waals surface area contributed by atoms with Crippen molar-refractivity contribution in [2.45, 2.75) is 24.8 Å².